The molecule has 0 heterocycles. The summed E-state index contributed by atoms with van der Waals surface area (Å²) in [6.07, 6.45) is 8.20. The molecule has 0 aromatic rings. The second-order valence-electron chi connectivity index (χ2n) is 5.49. The highest BCUT2D eigenvalue weighted by Crippen LogP contribution is 2.48. The normalized spacial score (nSPS) is 33.9. The Morgan fingerprint density at radius 3 is 2.44 bits per heavy atom. The smallest absolute Gasteiger partial charge is 0.191 e. The van der Waals surface area contributed by atoms with Crippen LogP contribution in [0.2, 0.25) is 0 Å². The van der Waals surface area contributed by atoms with Gasteiger partial charge in [-0.3, -0.25) is 0 Å². The molecule has 3 aliphatic rings. The van der Waals surface area contributed by atoms with E-state index in [9.17, 15) is 0 Å². The van der Waals surface area contributed by atoms with Gasteiger partial charge in [0.1, 0.15) is 0 Å². The highest BCUT2D eigenvalue weighted by atomic mass is 127. The molecule has 0 aliphatic heterocycles. The molecule has 0 unspecified atom stereocenters. The fourth-order valence-corrected chi connectivity index (χ4v) is 2.63. The number of nitrogens with zero attached hydrogens (tertiary/aromatic N) is 2. The Morgan fingerprint density at radius 2 is 1.94 bits per heavy atom. The van der Waals surface area contributed by atoms with Gasteiger partial charge in [-0.15, -0.1) is 24.0 Å². The zero-order valence-electron chi connectivity index (χ0n) is 9.93. The average Bonchev–Trinajstić information content (AvgIpc) is 2.94. The van der Waals surface area contributed by atoms with Crippen molar-refractivity contribution in [1.82, 2.24) is 4.90 Å². The van der Waals surface area contributed by atoms with E-state index in [0.717, 1.165) is 17.8 Å². The van der Waals surface area contributed by atoms with Gasteiger partial charge in [-0.2, -0.15) is 0 Å². The number of nitrogens with two attached hydrogens (primary N) is 1. The van der Waals surface area contributed by atoms with Crippen LogP contribution in [0.15, 0.2) is 4.99 Å². The molecule has 0 amide bonds. The summed E-state index contributed by atoms with van der Waals surface area (Å²) < 4.78 is 0. The topological polar surface area (TPSA) is 41.6 Å². The average molecular weight is 335 g/mol. The minimum absolute atomic E-state index is 0. The third-order valence-electron chi connectivity index (χ3n) is 4.31. The van der Waals surface area contributed by atoms with Crippen LogP contribution in [0.5, 0.6) is 0 Å². The van der Waals surface area contributed by atoms with E-state index in [2.05, 4.69) is 16.9 Å². The fraction of sp³-hybridized carbons (Fsp3) is 0.917. The molecule has 0 aromatic heterocycles. The number of rotatable bonds is 3. The van der Waals surface area contributed by atoms with Crippen LogP contribution in [0.1, 0.15) is 38.5 Å². The van der Waals surface area contributed by atoms with Crippen LogP contribution in [-0.4, -0.2) is 30.0 Å². The lowest BCUT2D eigenvalue weighted by molar-refractivity contribution is 0.273. The van der Waals surface area contributed by atoms with Crippen LogP contribution >= 0.6 is 24.0 Å². The summed E-state index contributed by atoms with van der Waals surface area (Å²) in [5.41, 5.74) is 6.00. The highest BCUT2D eigenvalue weighted by Gasteiger charge is 2.45. The monoisotopic (exact) mass is 335 g/mol. The van der Waals surface area contributed by atoms with E-state index in [1.807, 2.05) is 0 Å². The maximum atomic E-state index is 6.00. The summed E-state index contributed by atoms with van der Waals surface area (Å²) in [4.78, 5) is 6.82. The number of hydrogen-bond donors (Lipinski definition) is 1. The fourth-order valence-electron chi connectivity index (χ4n) is 2.63. The minimum Gasteiger partial charge on any atom is -0.370 e. The van der Waals surface area contributed by atoms with Crippen LogP contribution in [0.25, 0.3) is 0 Å². The Bertz CT molecular complexity index is 284. The number of halogens is 1. The Labute approximate surface area is 115 Å². The predicted octanol–water partition coefficient (Wildman–Crippen LogP) is 2.20. The van der Waals surface area contributed by atoms with Gasteiger partial charge >= 0.3 is 0 Å². The standard InChI is InChI=1S/C12H21N3.HI/c1-15(9-5-6-9)12(13)14-11-7-10(11)8-3-2-4-8;/h8-11H,2-7H2,1H3,(H2,13,14);1H/t10-,11+;/m0./s1. The maximum Gasteiger partial charge on any atom is 0.191 e. The SMILES string of the molecule is CN(C(N)=N[C@@H]1C[C@H]1C1CCC1)C1CC1.I. The predicted molar refractivity (Wildman–Crippen MR) is 77.1 cm³/mol. The van der Waals surface area contributed by atoms with E-state index in [1.54, 1.807) is 0 Å². The molecular weight excluding hydrogens is 313 g/mol. The zero-order valence-corrected chi connectivity index (χ0v) is 12.3. The molecule has 3 saturated carbocycles. The van der Waals surface area contributed by atoms with E-state index in [0.29, 0.717) is 12.1 Å². The van der Waals surface area contributed by atoms with Gasteiger partial charge in [-0.1, -0.05) is 19.3 Å². The van der Waals surface area contributed by atoms with E-state index in [4.69, 9.17) is 5.73 Å². The van der Waals surface area contributed by atoms with Crippen LogP contribution in [0.3, 0.4) is 0 Å². The Morgan fingerprint density at radius 1 is 1.25 bits per heavy atom. The molecule has 0 spiro atoms. The molecule has 0 bridgehead atoms. The summed E-state index contributed by atoms with van der Waals surface area (Å²) >= 11 is 0. The second kappa shape index (κ2) is 4.70. The van der Waals surface area contributed by atoms with Gasteiger partial charge in [-0.05, 0) is 31.1 Å². The molecule has 2 N–H and O–H groups in total. The quantitative estimate of drug-likeness (QED) is 0.488. The molecule has 3 rings (SSSR count). The molecule has 16 heavy (non-hydrogen) atoms. The third-order valence-corrected chi connectivity index (χ3v) is 4.31. The molecule has 0 saturated heterocycles. The van der Waals surface area contributed by atoms with Gasteiger partial charge in [0.15, 0.2) is 5.96 Å². The van der Waals surface area contributed by atoms with E-state index in [1.165, 1.54) is 38.5 Å². The Hall–Kier alpha value is 0. The van der Waals surface area contributed by atoms with Crippen LogP contribution in [0, 0.1) is 11.8 Å². The molecule has 2 atom stereocenters. The van der Waals surface area contributed by atoms with Crippen molar-refractivity contribution < 1.29 is 0 Å². The largest absolute Gasteiger partial charge is 0.370 e. The van der Waals surface area contributed by atoms with Crippen molar-refractivity contribution in [3.63, 3.8) is 0 Å². The number of guanidine groups is 1. The lowest BCUT2D eigenvalue weighted by atomic mass is 9.81. The minimum atomic E-state index is 0. The summed E-state index contributed by atoms with van der Waals surface area (Å²) in [5, 5.41) is 0. The van der Waals surface area contributed by atoms with Crippen molar-refractivity contribution in [3.8, 4) is 0 Å². The highest BCUT2D eigenvalue weighted by molar-refractivity contribution is 14.0. The molecule has 4 heteroatoms. The van der Waals surface area contributed by atoms with E-state index in [-0.39, 0.29) is 24.0 Å². The van der Waals surface area contributed by atoms with Crippen LogP contribution in [0.4, 0.5) is 0 Å². The van der Waals surface area contributed by atoms with Crippen molar-refractivity contribution in [2.24, 2.45) is 22.6 Å². The zero-order chi connectivity index (χ0) is 10.4. The first-order chi connectivity index (χ1) is 7.25. The van der Waals surface area contributed by atoms with Gasteiger partial charge in [-0.25, -0.2) is 4.99 Å². The molecule has 3 aliphatic carbocycles. The second-order valence-corrected chi connectivity index (χ2v) is 5.49. The number of aliphatic imine (C=N–C) groups is 1. The molecular formula is C12H22IN3. The van der Waals surface area contributed by atoms with Gasteiger partial charge in [0.05, 0.1) is 6.04 Å². The molecule has 0 aromatic carbocycles. The van der Waals surface area contributed by atoms with Crippen LogP contribution < -0.4 is 5.73 Å². The summed E-state index contributed by atoms with van der Waals surface area (Å²) in [7, 11) is 2.08. The molecule has 92 valence electrons. The van der Waals surface area contributed by atoms with Gasteiger partial charge in [0, 0.05) is 13.1 Å². The van der Waals surface area contributed by atoms with E-state index >= 15 is 0 Å². The summed E-state index contributed by atoms with van der Waals surface area (Å²) in [6, 6.07) is 1.26. The first-order valence-corrected chi connectivity index (χ1v) is 6.32. The van der Waals surface area contributed by atoms with Gasteiger partial charge < -0.3 is 10.6 Å². The Kier molecular flexibility index (Phi) is 3.66. The molecule has 3 fully saturated rings. The van der Waals surface area contributed by atoms with Crippen molar-refractivity contribution >= 4 is 29.9 Å². The van der Waals surface area contributed by atoms with Crippen molar-refractivity contribution in [3.05, 3.63) is 0 Å². The first-order valence-electron chi connectivity index (χ1n) is 6.32. The van der Waals surface area contributed by atoms with Crippen LogP contribution in [-0.2, 0) is 0 Å². The van der Waals surface area contributed by atoms with Crippen molar-refractivity contribution in [2.45, 2.75) is 50.6 Å². The van der Waals surface area contributed by atoms with Crippen molar-refractivity contribution in [1.29, 1.82) is 0 Å². The third kappa shape index (κ3) is 2.46. The van der Waals surface area contributed by atoms with Gasteiger partial charge in [0.25, 0.3) is 0 Å². The molecule has 0 radical (unpaired) electrons. The summed E-state index contributed by atoms with van der Waals surface area (Å²) in [5.74, 6) is 2.65. The Balaban J connectivity index is 0.000000963. The maximum absolute atomic E-state index is 6.00. The lowest BCUT2D eigenvalue weighted by Crippen LogP contribution is -2.36. The lowest BCUT2D eigenvalue weighted by Gasteiger charge is -2.25. The first kappa shape index (κ1) is 12.5. The van der Waals surface area contributed by atoms with E-state index < -0.39 is 0 Å². The number of hydrogen-bond acceptors (Lipinski definition) is 1. The summed E-state index contributed by atoms with van der Waals surface area (Å²) in [6.45, 7) is 0. The van der Waals surface area contributed by atoms with Crippen molar-refractivity contribution in [2.75, 3.05) is 7.05 Å². The molecule has 3 nitrogen and oxygen atoms in total. The van der Waals surface area contributed by atoms with Gasteiger partial charge in [0.2, 0.25) is 0 Å².